The Kier molecular flexibility index (Phi) is 7.57. The highest BCUT2D eigenvalue weighted by molar-refractivity contribution is 5.27. The van der Waals surface area contributed by atoms with E-state index in [-0.39, 0.29) is 6.04 Å². The summed E-state index contributed by atoms with van der Waals surface area (Å²) in [6.07, 6.45) is 2.66. The number of alkyl halides is 3. The van der Waals surface area contributed by atoms with Gasteiger partial charge in [-0.2, -0.15) is 13.2 Å². The van der Waals surface area contributed by atoms with E-state index < -0.39 is 11.7 Å². The molecule has 0 bridgehead atoms. The third kappa shape index (κ3) is 6.00. The van der Waals surface area contributed by atoms with E-state index in [1.807, 2.05) is 0 Å². The lowest BCUT2D eigenvalue weighted by Gasteiger charge is -2.42. The average molecular weight is 370 g/mol. The van der Waals surface area contributed by atoms with Crippen molar-refractivity contribution in [3.8, 4) is 0 Å². The molecule has 2 rings (SSSR count). The van der Waals surface area contributed by atoms with Gasteiger partial charge in [-0.25, -0.2) is 0 Å². The van der Waals surface area contributed by atoms with Crippen LogP contribution in [0, 0.1) is 11.8 Å². The first-order chi connectivity index (χ1) is 12.2. The molecule has 148 valence electrons. The molecular formula is C22H34F3N. The summed E-state index contributed by atoms with van der Waals surface area (Å²) < 4.78 is 38.6. The number of rotatable bonds is 7. The molecule has 1 aliphatic heterocycles. The fraction of sp³-hybridized carbons (Fsp3) is 0.727. The molecule has 0 radical (unpaired) electrons. The van der Waals surface area contributed by atoms with Crippen LogP contribution in [-0.2, 0) is 6.18 Å². The van der Waals surface area contributed by atoms with E-state index in [1.165, 1.54) is 31.4 Å². The van der Waals surface area contributed by atoms with Gasteiger partial charge in [0.15, 0.2) is 0 Å². The summed E-state index contributed by atoms with van der Waals surface area (Å²) >= 11 is 0. The van der Waals surface area contributed by atoms with E-state index >= 15 is 0 Å². The molecule has 1 aromatic rings. The average Bonchev–Trinajstić information content (AvgIpc) is 2.57. The van der Waals surface area contributed by atoms with E-state index in [4.69, 9.17) is 0 Å². The molecule has 4 heteroatoms. The van der Waals surface area contributed by atoms with Crippen LogP contribution in [0.4, 0.5) is 13.2 Å². The number of hydrogen-bond donors (Lipinski definition) is 0. The molecule has 0 spiro atoms. The van der Waals surface area contributed by atoms with E-state index in [9.17, 15) is 13.2 Å². The van der Waals surface area contributed by atoms with Gasteiger partial charge in [-0.1, -0.05) is 46.2 Å². The van der Waals surface area contributed by atoms with Gasteiger partial charge >= 0.3 is 6.18 Å². The standard InChI is InChI=1S/C22H34F3N/c1-16(2)8-13-20(15-17(3)4)26-14-6-5-7-21(26)18-9-11-19(12-10-18)22(23,24)25/h9-12,16-17,20-21H,5-8,13-15H2,1-4H3/t20-,21+/m1/s1. The van der Waals surface area contributed by atoms with Crippen LogP contribution in [0.5, 0.6) is 0 Å². The van der Waals surface area contributed by atoms with Crippen molar-refractivity contribution in [1.29, 1.82) is 0 Å². The fourth-order valence-electron chi connectivity index (χ4n) is 4.13. The Balaban J connectivity index is 2.20. The minimum atomic E-state index is -4.26. The Labute approximate surface area is 157 Å². The van der Waals surface area contributed by atoms with Crippen molar-refractivity contribution >= 4 is 0 Å². The van der Waals surface area contributed by atoms with E-state index in [0.717, 1.165) is 31.4 Å². The van der Waals surface area contributed by atoms with Crippen LogP contribution in [0.2, 0.25) is 0 Å². The normalized spacial score (nSPS) is 20.7. The Morgan fingerprint density at radius 2 is 1.62 bits per heavy atom. The molecule has 0 aromatic heterocycles. The molecule has 1 saturated heterocycles. The zero-order valence-electron chi connectivity index (χ0n) is 16.6. The first kappa shape index (κ1) is 21.3. The van der Waals surface area contributed by atoms with Gasteiger partial charge < -0.3 is 0 Å². The molecule has 26 heavy (non-hydrogen) atoms. The van der Waals surface area contributed by atoms with Gasteiger partial charge in [0.25, 0.3) is 0 Å². The lowest BCUT2D eigenvalue weighted by atomic mass is 9.88. The predicted molar refractivity (Wildman–Crippen MR) is 102 cm³/mol. The molecule has 1 aliphatic rings. The zero-order chi connectivity index (χ0) is 19.3. The van der Waals surface area contributed by atoms with Gasteiger partial charge in [-0.05, 0) is 68.2 Å². The predicted octanol–water partition coefficient (Wildman–Crippen LogP) is 7.08. The lowest BCUT2D eigenvalue weighted by molar-refractivity contribution is -0.137. The third-order valence-electron chi connectivity index (χ3n) is 5.46. The highest BCUT2D eigenvalue weighted by Gasteiger charge is 2.33. The molecule has 1 aromatic carbocycles. The zero-order valence-corrected chi connectivity index (χ0v) is 16.6. The molecule has 1 nitrogen and oxygen atoms in total. The minimum Gasteiger partial charge on any atom is -0.293 e. The number of hydrogen-bond acceptors (Lipinski definition) is 1. The topological polar surface area (TPSA) is 3.24 Å². The Morgan fingerprint density at radius 1 is 0.962 bits per heavy atom. The summed E-state index contributed by atoms with van der Waals surface area (Å²) in [4.78, 5) is 2.59. The summed E-state index contributed by atoms with van der Waals surface area (Å²) in [5, 5.41) is 0. The highest BCUT2D eigenvalue weighted by Crippen LogP contribution is 2.37. The van der Waals surface area contributed by atoms with Crippen molar-refractivity contribution < 1.29 is 13.2 Å². The molecule has 2 atom stereocenters. The quantitative estimate of drug-likeness (QED) is 0.496. The van der Waals surface area contributed by atoms with Crippen molar-refractivity contribution in [1.82, 2.24) is 4.90 Å². The van der Waals surface area contributed by atoms with E-state index in [1.54, 1.807) is 12.1 Å². The SMILES string of the molecule is CC(C)CC[C@H](CC(C)C)N1CCCC[C@H]1c1ccc(C(F)(F)F)cc1. The largest absolute Gasteiger partial charge is 0.416 e. The Morgan fingerprint density at radius 3 is 2.15 bits per heavy atom. The number of piperidine rings is 1. The van der Waals surface area contributed by atoms with Gasteiger partial charge in [0.05, 0.1) is 5.56 Å². The van der Waals surface area contributed by atoms with Crippen molar-refractivity contribution in [2.45, 2.75) is 84.5 Å². The van der Waals surface area contributed by atoms with E-state index in [0.29, 0.717) is 17.9 Å². The highest BCUT2D eigenvalue weighted by atomic mass is 19.4. The number of benzene rings is 1. The lowest BCUT2D eigenvalue weighted by Crippen LogP contribution is -2.42. The van der Waals surface area contributed by atoms with Crippen molar-refractivity contribution in [3.63, 3.8) is 0 Å². The minimum absolute atomic E-state index is 0.252. The smallest absolute Gasteiger partial charge is 0.293 e. The van der Waals surface area contributed by atoms with Crippen LogP contribution < -0.4 is 0 Å². The molecule has 0 amide bonds. The molecule has 1 fully saturated rings. The van der Waals surface area contributed by atoms with Gasteiger partial charge in [0.1, 0.15) is 0 Å². The summed E-state index contributed by atoms with van der Waals surface area (Å²) in [7, 11) is 0. The second kappa shape index (κ2) is 9.25. The maximum absolute atomic E-state index is 12.9. The van der Waals surface area contributed by atoms with Crippen molar-refractivity contribution in [2.75, 3.05) is 6.54 Å². The van der Waals surface area contributed by atoms with Crippen molar-refractivity contribution in [2.24, 2.45) is 11.8 Å². The third-order valence-corrected chi connectivity index (χ3v) is 5.46. The second-order valence-corrected chi connectivity index (χ2v) is 8.62. The second-order valence-electron chi connectivity index (χ2n) is 8.62. The van der Waals surface area contributed by atoms with Gasteiger partial charge in [-0.3, -0.25) is 4.90 Å². The molecule has 0 aliphatic carbocycles. The summed E-state index contributed by atoms with van der Waals surface area (Å²) in [5.74, 6) is 1.31. The van der Waals surface area contributed by atoms with Crippen LogP contribution in [0.1, 0.15) is 83.4 Å². The first-order valence-corrected chi connectivity index (χ1v) is 10.1. The van der Waals surface area contributed by atoms with Crippen LogP contribution >= 0.6 is 0 Å². The van der Waals surface area contributed by atoms with Crippen LogP contribution in [-0.4, -0.2) is 17.5 Å². The summed E-state index contributed by atoms with van der Waals surface area (Å²) in [6, 6.07) is 6.65. The van der Waals surface area contributed by atoms with Gasteiger partial charge in [0.2, 0.25) is 0 Å². The number of nitrogens with zero attached hydrogens (tertiary/aromatic N) is 1. The van der Waals surface area contributed by atoms with E-state index in [2.05, 4.69) is 32.6 Å². The number of halogens is 3. The van der Waals surface area contributed by atoms with Crippen LogP contribution in [0.25, 0.3) is 0 Å². The fourth-order valence-corrected chi connectivity index (χ4v) is 4.13. The number of likely N-dealkylation sites (tertiary alicyclic amines) is 1. The maximum atomic E-state index is 12.9. The van der Waals surface area contributed by atoms with Crippen LogP contribution in [0.15, 0.2) is 24.3 Å². The first-order valence-electron chi connectivity index (χ1n) is 10.1. The van der Waals surface area contributed by atoms with Gasteiger partial charge in [-0.15, -0.1) is 0 Å². The van der Waals surface area contributed by atoms with Crippen molar-refractivity contribution in [3.05, 3.63) is 35.4 Å². The summed E-state index contributed by atoms with van der Waals surface area (Å²) in [5.41, 5.74) is 0.484. The molecule has 0 saturated carbocycles. The Hall–Kier alpha value is -1.03. The molecular weight excluding hydrogens is 335 g/mol. The van der Waals surface area contributed by atoms with Crippen LogP contribution in [0.3, 0.4) is 0 Å². The summed E-state index contributed by atoms with van der Waals surface area (Å²) in [6.45, 7) is 10.1. The monoisotopic (exact) mass is 369 g/mol. The molecule has 0 N–H and O–H groups in total. The molecule has 1 heterocycles. The van der Waals surface area contributed by atoms with Gasteiger partial charge in [0, 0.05) is 12.1 Å². The maximum Gasteiger partial charge on any atom is 0.416 e. The Bertz CT molecular complexity index is 533. The molecule has 0 unspecified atom stereocenters.